The Morgan fingerprint density at radius 3 is 2.67 bits per heavy atom. The summed E-state index contributed by atoms with van der Waals surface area (Å²) in [6, 6.07) is -1.64. The molecule has 2 aromatic heterocycles. The van der Waals surface area contributed by atoms with Crippen LogP contribution in [0.4, 0.5) is 23.4 Å². The molecule has 0 amide bonds. The Labute approximate surface area is 117 Å². The van der Waals surface area contributed by atoms with E-state index >= 15 is 0 Å². The summed E-state index contributed by atoms with van der Waals surface area (Å²) in [5.74, 6) is 1.54. The fourth-order valence-electron chi connectivity index (χ4n) is 2.46. The Hall–Kier alpha value is -2.30. The van der Waals surface area contributed by atoms with Gasteiger partial charge in [0.25, 0.3) is 0 Å². The van der Waals surface area contributed by atoms with Crippen molar-refractivity contribution in [2.75, 3.05) is 11.4 Å². The number of aryl methyl sites for hydroxylation is 1. The van der Waals surface area contributed by atoms with Gasteiger partial charge in [-0.15, -0.1) is 6.42 Å². The summed E-state index contributed by atoms with van der Waals surface area (Å²) in [5, 5.41) is 0. The van der Waals surface area contributed by atoms with Crippen molar-refractivity contribution in [2.45, 2.75) is 25.6 Å². The molecule has 0 N–H and O–H groups in total. The first-order valence-corrected chi connectivity index (χ1v) is 6.18. The Bertz CT molecular complexity index is 756. The molecule has 2 aromatic rings. The molecule has 0 unspecified atom stereocenters. The van der Waals surface area contributed by atoms with Crippen molar-refractivity contribution >= 4 is 11.5 Å². The van der Waals surface area contributed by atoms with E-state index in [4.69, 9.17) is 6.42 Å². The van der Waals surface area contributed by atoms with E-state index in [1.807, 2.05) is 0 Å². The van der Waals surface area contributed by atoms with E-state index < -0.39 is 18.2 Å². The molecule has 3 rings (SSSR count). The highest BCUT2D eigenvalue weighted by atomic mass is 19.4. The van der Waals surface area contributed by atoms with Gasteiger partial charge in [-0.25, -0.2) is 9.97 Å². The highest BCUT2D eigenvalue weighted by Gasteiger charge is 2.50. The zero-order valence-electron chi connectivity index (χ0n) is 10.9. The second-order valence-electron chi connectivity index (χ2n) is 4.79. The third-order valence-corrected chi connectivity index (χ3v) is 3.62. The molecule has 0 spiro atoms. The first-order chi connectivity index (χ1) is 9.84. The topological polar surface area (TPSA) is 33.4 Å². The minimum atomic E-state index is -4.37. The zero-order chi connectivity index (χ0) is 15.4. The SMILES string of the molecule is C#Cc1nc(N2CC[C@@H]2C(F)(F)F)c2ncc(F)n2c1C. The smallest absolute Gasteiger partial charge is 0.341 e. The third-order valence-electron chi connectivity index (χ3n) is 3.62. The molecule has 0 bridgehead atoms. The molecule has 1 aliphatic rings. The molecule has 1 saturated heterocycles. The van der Waals surface area contributed by atoms with Gasteiger partial charge in [-0.1, -0.05) is 0 Å². The van der Waals surface area contributed by atoms with Crippen molar-refractivity contribution < 1.29 is 17.6 Å². The van der Waals surface area contributed by atoms with Crippen LogP contribution in [-0.4, -0.2) is 33.1 Å². The summed E-state index contributed by atoms with van der Waals surface area (Å²) in [6.45, 7) is 1.72. The van der Waals surface area contributed by atoms with Crippen LogP contribution in [0.15, 0.2) is 6.20 Å². The van der Waals surface area contributed by atoms with Crippen LogP contribution >= 0.6 is 0 Å². The number of anilines is 1. The van der Waals surface area contributed by atoms with Crippen molar-refractivity contribution in [3.8, 4) is 12.3 Å². The molecule has 0 saturated carbocycles. The molecule has 1 fully saturated rings. The number of hydrogen-bond donors (Lipinski definition) is 0. The first kappa shape index (κ1) is 13.7. The van der Waals surface area contributed by atoms with Crippen molar-refractivity contribution in [2.24, 2.45) is 0 Å². The monoisotopic (exact) mass is 298 g/mol. The predicted molar refractivity (Wildman–Crippen MR) is 67.4 cm³/mol. The molecule has 4 nitrogen and oxygen atoms in total. The summed E-state index contributed by atoms with van der Waals surface area (Å²) < 4.78 is 53.5. The highest BCUT2D eigenvalue weighted by molar-refractivity contribution is 5.68. The predicted octanol–water partition coefficient (Wildman–Crippen LogP) is 2.30. The van der Waals surface area contributed by atoms with Crippen molar-refractivity contribution in [1.82, 2.24) is 14.4 Å². The Balaban J connectivity index is 2.20. The van der Waals surface area contributed by atoms with Crippen molar-refractivity contribution in [1.29, 1.82) is 0 Å². The minimum absolute atomic E-state index is 0.0280. The molecule has 0 aromatic carbocycles. The van der Waals surface area contributed by atoms with Crippen molar-refractivity contribution in [3.05, 3.63) is 23.5 Å². The Morgan fingerprint density at radius 2 is 2.14 bits per heavy atom. The molecule has 21 heavy (non-hydrogen) atoms. The van der Waals surface area contributed by atoms with Gasteiger partial charge in [-0.2, -0.15) is 17.6 Å². The van der Waals surface area contributed by atoms with Gasteiger partial charge in [0.1, 0.15) is 11.7 Å². The van der Waals surface area contributed by atoms with Gasteiger partial charge in [0.05, 0.1) is 11.9 Å². The van der Waals surface area contributed by atoms with Gasteiger partial charge >= 0.3 is 6.18 Å². The normalized spacial score (nSPS) is 18.7. The van der Waals surface area contributed by atoms with E-state index in [0.29, 0.717) is 5.69 Å². The summed E-state index contributed by atoms with van der Waals surface area (Å²) in [6.07, 6.45) is 1.84. The number of hydrogen-bond acceptors (Lipinski definition) is 3. The molecule has 110 valence electrons. The first-order valence-electron chi connectivity index (χ1n) is 6.18. The van der Waals surface area contributed by atoms with Gasteiger partial charge in [0.2, 0.25) is 5.95 Å². The van der Waals surface area contributed by atoms with Crippen LogP contribution in [0.5, 0.6) is 0 Å². The second-order valence-corrected chi connectivity index (χ2v) is 4.79. The van der Waals surface area contributed by atoms with Crippen LogP contribution in [0.2, 0.25) is 0 Å². The molecule has 0 aliphatic carbocycles. The van der Waals surface area contributed by atoms with E-state index in [9.17, 15) is 17.6 Å². The number of terminal acetylenes is 1. The lowest BCUT2D eigenvalue weighted by Crippen LogP contribution is -2.56. The average Bonchev–Trinajstić information content (AvgIpc) is 2.72. The Morgan fingerprint density at radius 1 is 1.43 bits per heavy atom. The fraction of sp³-hybridized carbons (Fsp3) is 0.385. The maximum absolute atomic E-state index is 13.8. The highest BCUT2D eigenvalue weighted by Crippen LogP contribution is 2.38. The van der Waals surface area contributed by atoms with Crippen LogP contribution in [0.25, 0.3) is 5.65 Å². The summed E-state index contributed by atoms with van der Waals surface area (Å²) in [7, 11) is 0. The van der Waals surface area contributed by atoms with Gasteiger partial charge in [0, 0.05) is 6.54 Å². The molecule has 8 heteroatoms. The van der Waals surface area contributed by atoms with Crippen LogP contribution in [0.1, 0.15) is 17.8 Å². The van der Waals surface area contributed by atoms with Crippen molar-refractivity contribution in [3.63, 3.8) is 0 Å². The van der Waals surface area contributed by atoms with Crippen LogP contribution in [0, 0.1) is 25.2 Å². The summed E-state index contributed by atoms with van der Waals surface area (Å²) in [4.78, 5) is 8.94. The average molecular weight is 298 g/mol. The molecule has 1 aliphatic heterocycles. The van der Waals surface area contributed by atoms with E-state index in [-0.39, 0.29) is 30.1 Å². The number of halogens is 4. The number of nitrogens with zero attached hydrogens (tertiary/aromatic N) is 4. The maximum Gasteiger partial charge on any atom is 0.408 e. The standard InChI is InChI=1S/C13H10F4N4/c1-3-8-7(2)21-10(14)6-18-11(21)12(19-8)20-5-4-9(20)13(15,16)17/h1,6,9H,4-5H2,2H3/t9-/m1/s1. The lowest BCUT2D eigenvalue weighted by Gasteiger charge is -2.42. The number of aromatic nitrogens is 3. The lowest BCUT2D eigenvalue weighted by molar-refractivity contribution is -0.159. The van der Waals surface area contributed by atoms with Crippen LogP contribution in [-0.2, 0) is 0 Å². The minimum Gasteiger partial charge on any atom is -0.341 e. The molecular formula is C13H10F4N4. The zero-order valence-corrected chi connectivity index (χ0v) is 10.9. The number of alkyl halides is 3. The fourth-order valence-corrected chi connectivity index (χ4v) is 2.46. The number of imidazole rings is 1. The van der Waals surface area contributed by atoms with Gasteiger partial charge in [0.15, 0.2) is 11.5 Å². The largest absolute Gasteiger partial charge is 0.408 e. The third kappa shape index (κ3) is 1.92. The van der Waals surface area contributed by atoms with E-state index in [1.165, 1.54) is 0 Å². The molecule has 1 atom stereocenters. The number of rotatable bonds is 1. The Kier molecular flexibility index (Phi) is 2.83. The van der Waals surface area contributed by atoms with E-state index in [0.717, 1.165) is 15.5 Å². The summed E-state index contributed by atoms with van der Waals surface area (Å²) >= 11 is 0. The van der Waals surface area contributed by atoms with Gasteiger partial charge < -0.3 is 4.90 Å². The lowest BCUT2D eigenvalue weighted by atomic mass is 10.0. The molecule has 0 radical (unpaired) electrons. The van der Waals surface area contributed by atoms with Gasteiger partial charge in [-0.05, 0) is 19.3 Å². The number of fused-ring (bicyclic) bond motifs is 1. The maximum atomic E-state index is 13.8. The van der Waals surface area contributed by atoms with E-state index in [1.54, 1.807) is 6.92 Å². The quantitative estimate of drug-likeness (QED) is 0.598. The second kappa shape index (κ2) is 4.35. The summed E-state index contributed by atoms with van der Waals surface area (Å²) in [5.41, 5.74) is 0.468. The van der Waals surface area contributed by atoms with Gasteiger partial charge in [-0.3, -0.25) is 4.40 Å². The van der Waals surface area contributed by atoms with Crippen LogP contribution < -0.4 is 4.90 Å². The van der Waals surface area contributed by atoms with Crippen LogP contribution in [0.3, 0.4) is 0 Å². The van der Waals surface area contributed by atoms with E-state index in [2.05, 4.69) is 15.9 Å². The molecule has 3 heterocycles. The molecular weight excluding hydrogens is 288 g/mol.